The van der Waals surface area contributed by atoms with Crippen molar-refractivity contribution in [2.45, 2.75) is 6.10 Å². The summed E-state index contributed by atoms with van der Waals surface area (Å²) in [6.45, 7) is 1.50. The predicted octanol–water partition coefficient (Wildman–Crippen LogP) is 0.210. The van der Waals surface area contributed by atoms with Gasteiger partial charge >= 0.3 is 5.97 Å². The molecule has 0 bridgehead atoms. The number of aromatic nitrogens is 1. The third-order valence-electron chi connectivity index (χ3n) is 1.89. The highest BCUT2D eigenvalue weighted by atomic mass is 16.5. The van der Waals surface area contributed by atoms with Crippen molar-refractivity contribution in [1.82, 2.24) is 10.3 Å². The molecule has 0 spiro atoms. The second-order valence-corrected chi connectivity index (χ2v) is 2.90. The molecule has 0 atom stereocenters. The maximum absolute atomic E-state index is 11.3. The molecule has 1 fully saturated rings. The molecule has 0 aromatic carbocycles. The number of nitrogens with one attached hydrogen (secondary N) is 1. The van der Waals surface area contributed by atoms with Crippen LogP contribution >= 0.6 is 0 Å². The summed E-state index contributed by atoms with van der Waals surface area (Å²) in [6, 6.07) is 5.18. The van der Waals surface area contributed by atoms with E-state index in [4.69, 9.17) is 4.74 Å². The summed E-state index contributed by atoms with van der Waals surface area (Å²) in [6.07, 6.45) is 1.60. The van der Waals surface area contributed by atoms with Crippen LogP contribution in [0.15, 0.2) is 24.4 Å². The molecule has 13 heavy (non-hydrogen) atoms. The van der Waals surface area contributed by atoms with Crippen molar-refractivity contribution in [3.8, 4) is 0 Å². The van der Waals surface area contributed by atoms with E-state index in [0.29, 0.717) is 5.69 Å². The van der Waals surface area contributed by atoms with Crippen LogP contribution in [-0.2, 0) is 4.74 Å². The Morgan fingerprint density at radius 2 is 2.38 bits per heavy atom. The topological polar surface area (TPSA) is 51.2 Å². The Kier molecular flexibility index (Phi) is 2.23. The Morgan fingerprint density at radius 1 is 1.54 bits per heavy atom. The van der Waals surface area contributed by atoms with Gasteiger partial charge in [0.05, 0.1) is 0 Å². The maximum atomic E-state index is 11.3. The number of pyridine rings is 1. The van der Waals surface area contributed by atoms with Gasteiger partial charge in [-0.15, -0.1) is 0 Å². The molecular formula is C9H10N2O2. The summed E-state index contributed by atoms with van der Waals surface area (Å²) in [5.74, 6) is -0.341. The van der Waals surface area contributed by atoms with Crippen molar-refractivity contribution in [3.63, 3.8) is 0 Å². The monoisotopic (exact) mass is 178 g/mol. The SMILES string of the molecule is O=C(OC1CNC1)c1ccccn1. The first-order chi connectivity index (χ1) is 6.36. The molecule has 0 radical (unpaired) electrons. The number of rotatable bonds is 2. The summed E-state index contributed by atoms with van der Waals surface area (Å²) in [4.78, 5) is 15.2. The van der Waals surface area contributed by atoms with Gasteiger partial charge in [0.25, 0.3) is 0 Å². The average molecular weight is 178 g/mol. The van der Waals surface area contributed by atoms with Crippen LogP contribution in [-0.4, -0.2) is 30.1 Å². The van der Waals surface area contributed by atoms with E-state index in [1.54, 1.807) is 24.4 Å². The van der Waals surface area contributed by atoms with Crippen molar-refractivity contribution in [3.05, 3.63) is 30.1 Å². The highest BCUT2D eigenvalue weighted by Crippen LogP contribution is 2.03. The molecule has 1 saturated heterocycles. The molecule has 68 valence electrons. The molecular weight excluding hydrogens is 168 g/mol. The van der Waals surface area contributed by atoms with Gasteiger partial charge in [0.15, 0.2) is 0 Å². The van der Waals surface area contributed by atoms with Crippen molar-refractivity contribution in [2.75, 3.05) is 13.1 Å². The molecule has 4 heteroatoms. The summed E-state index contributed by atoms with van der Waals surface area (Å²) in [5.41, 5.74) is 0.370. The number of ether oxygens (including phenoxy) is 1. The lowest BCUT2D eigenvalue weighted by atomic mass is 10.2. The van der Waals surface area contributed by atoms with Crippen LogP contribution in [0.1, 0.15) is 10.5 Å². The number of hydrogen-bond acceptors (Lipinski definition) is 4. The molecule has 4 nitrogen and oxygen atoms in total. The van der Waals surface area contributed by atoms with Crippen molar-refractivity contribution < 1.29 is 9.53 Å². The first-order valence-corrected chi connectivity index (χ1v) is 4.19. The van der Waals surface area contributed by atoms with Crippen LogP contribution in [0.25, 0.3) is 0 Å². The lowest BCUT2D eigenvalue weighted by Gasteiger charge is -2.26. The van der Waals surface area contributed by atoms with Gasteiger partial charge < -0.3 is 10.1 Å². The van der Waals surface area contributed by atoms with Crippen LogP contribution in [0.4, 0.5) is 0 Å². The van der Waals surface area contributed by atoms with Crippen LogP contribution in [0.2, 0.25) is 0 Å². The highest BCUT2D eigenvalue weighted by Gasteiger charge is 2.22. The molecule has 1 aromatic rings. The van der Waals surface area contributed by atoms with E-state index in [9.17, 15) is 4.79 Å². The van der Waals surface area contributed by atoms with Crippen molar-refractivity contribution in [1.29, 1.82) is 0 Å². The van der Waals surface area contributed by atoms with E-state index >= 15 is 0 Å². The predicted molar refractivity (Wildman–Crippen MR) is 46.3 cm³/mol. The fourth-order valence-corrected chi connectivity index (χ4v) is 1.04. The van der Waals surface area contributed by atoms with Gasteiger partial charge in [-0.25, -0.2) is 9.78 Å². The fraction of sp³-hybridized carbons (Fsp3) is 0.333. The van der Waals surface area contributed by atoms with E-state index in [1.807, 2.05) is 0 Å². The van der Waals surface area contributed by atoms with Gasteiger partial charge in [0, 0.05) is 19.3 Å². The molecule has 2 rings (SSSR count). The molecule has 1 aliphatic rings. The third-order valence-corrected chi connectivity index (χ3v) is 1.89. The van der Waals surface area contributed by atoms with E-state index < -0.39 is 0 Å². The summed E-state index contributed by atoms with van der Waals surface area (Å²) in [7, 11) is 0. The summed E-state index contributed by atoms with van der Waals surface area (Å²) < 4.78 is 5.11. The Labute approximate surface area is 75.9 Å². The van der Waals surface area contributed by atoms with Crippen LogP contribution in [0, 0.1) is 0 Å². The fourth-order valence-electron chi connectivity index (χ4n) is 1.04. The Hall–Kier alpha value is -1.42. The number of carbonyl (C=O) groups excluding carboxylic acids is 1. The molecule has 1 aliphatic heterocycles. The molecule has 0 unspecified atom stereocenters. The Morgan fingerprint density at radius 3 is 2.92 bits per heavy atom. The van der Waals surface area contributed by atoms with E-state index in [-0.39, 0.29) is 12.1 Å². The van der Waals surface area contributed by atoms with Gasteiger partial charge in [0.1, 0.15) is 11.8 Å². The van der Waals surface area contributed by atoms with E-state index in [2.05, 4.69) is 10.3 Å². The third kappa shape index (κ3) is 1.84. The van der Waals surface area contributed by atoms with E-state index in [1.165, 1.54) is 0 Å². The van der Waals surface area contributed by atoms with Gasteiger partial charge in [-0.2, -0.15) is 0 Å². The summed E-state index contributed by atoms with van der Waals surface area (Å²) in [5, 5.41) is 3.02. The second kappa shape index (κ2) is 3.53. The Balaban J connectivity index is 1.97. The normalized spacial score (nSPS) is 16.3. The minimum Gasteiger partial charge on any atom is -0.455 e. The van der Waals surface area contributed by atoms with Crippen molar-refractivity contribution >= 4 is 5.97 Å². The lowest BCUT2D eigenvalue weighted by molar-refractivity contribution is 0.0163. The zero-order chi connectivity index (χ0) is 9.10. The van der Waals surface area contributed by atoms with Crippen LogP contribution in [0.5, 0.6) is 0 Å². The van der Waals surface area contributed by atoms with Crippen LogP contribution < -0.4 is 5.32 Å². The van der Waals surface area contributed by atoms with Gasteiger partial charge in [-0.3, -0.25) is 0 Å². The first-order valence-electron chi connectivity index (χ1n) is 4.19. The minimum absolute atomic E-state index is 0.0227. The zero-order valence-electron chi connectivity index (χ0n) is 7.06. The zero-order valence-corrected chi connectivity index (χ0v) is 7.06. The van der Waals surface area contributed by atoms with Gasteiger partial charge in [0.2, 0.25) is 0 Å². The molecule has 1 aromatic heterocycles. The number of hydrogen-bond donors (Lipinski definition) is 1. The first kappa shape index (κ1) is 8.19. The molecule has 0 aliphatic carbocycles. The lowest BCUT2D eigenvalue weighted by Crippen LogP contribution is -2.49. The van der Waals surface area contributed by atoms with Crippen LogP contribution in [0.3, 0.4) is 0 Å². The van der Waals surface area contributed by atoms with Gasteiger partial charge in [-0.05, 0) is 12.1 Å². The van der Waals surface area contributed by atoms with E-state index in [0.717, 1.165) is 13.1 Å². The number of carbonyl (C=O) groups is 1. The second-order valence-electron chi connectivity index (χ2n) is 2.90. The molecule has 0 saturated carbocycles. The molecule has 2 heterocycles. The summed E-state index contributed by atoms with van der Waals surface area (Å²) >= 11 is 0. The number of nitrogens with zero attached hydrogens (tertiary/aromatic N) is 1. The number of esters is 1. The van der Waals surface area contributed by atoms with Gasteiger partial charge in [-0.1, -0.05) is 6.07 Å². The smallest absolute Gasteiger partial charge is 0.357 e. The maximum Gasteiger partial charge on any atom is 0.357 e. The Bertz CT molecular complexity index is 296. The molecule has 1 N–H and O–H groups in total. The average Bonchev–Trinajstić information content (AvgIpc) is 2.12. The quantitative estimate of drug-likeness (QED) is 0.658. The highest BCUT2D eigenvalue weighted by molar-refractivity contribution is 5.87. The largest absolute Gasteiger partial charge is 0.455 e. The minimum atomic E-state index is -0.341. The van der Waals surface area contributed by atoms with Crippen molar-refractivity contribution in [2.24, 2.45) is 0 Å². The molecule has 0 amide bonds. The standard InChI is InChI=1S/C9H10N2O2/c12-9(13-7-5-10-6-7)8-3-1-2-4-11-8/h1-4,7,10H,5-6H2.